The van der Waals surface area contributed by atoms with Crippen LogP contribution < -0.4 is 4.74 Å². The lowest BCUT2D eigenvalue weighted by molar-refractivity contribution is -0.140. The molecule has 0 spiro atoms. The van der Waals surface area contributed by atoms with Gasteiger partial charge in [-0.25, -0.2) is 4.39 Å². The van der Waals surface area contributed by atoms with Crippen LogP contribution in [0.15, 0.2) is 48.3 Å². The van der Waals surface area contributed by atoms with Gasteiger partial charge in [0.15, 0.2) is 0 Å². The number of aromatic nitrogens is 1. The third-order valence-corrected chi connectivity index (χ3v) is 5.93. The number of morpholine rings is 1. The Morgan fingerprint density at radius 3 is 2.73 bits per heavy atom. The number of benzene rings is 1. The standard InChI is InChI=1S/C24H26FN3O5/c1-32-19-6-5-17(25)14-18(19)22(29)20-21(16-4-2-7-26-15-16)28(24(31)23(20)30)9-3-8-27-10-12-33-13-11-27/h2,4-7,14-15,21,29H,3,8-13H2,1H3. The maximum absolute atomic E-state index is 14.0. The molecule has 2 saturated heterocycles. The average molecular weight is 455 g/mol. The van der Waals surface area contributed by atoms with Crippen LogP contribution in [0.25, 0.3) is 5.76 Å². The smallest absolute Gasteiger partial charge is 0.295 e. The molecule has 2 aliphatic heterocycles. The lowest BCUT2D eigenvalue weighted by atomic mass is 9.96. The summed E-state index contributed by atoms with van der Waals surface area (Å²) in [7, 11) is 1.38. The van der Waals surface area contributed by atoms with Crippen molar-refractivity contribution in [1.29, 1.82) is 0 Å². The summed E-state index contributed by atoms with van der Waals surface area (Å²) in [5.41, 5.74) is 0.487. The van der Waals surface area contributed by atoms with Gasteiger partial charge in [-0.3, -0.25) is 19.5 Å². The number of aliphatic hydroxyl groups is 1. The number of pyridine rings is 1. The number of hydrogen-bond donors (Lipinski definition) is 1. The molecular weight excluding hydrogens is 429 g/mol. The molecule has 0 saturated carbocycles. The highest BCUT2D eigenvalue weighted by atomic mass is 19.1. The molecule has 1 aromatic carbocycles. The van der Waals surface area contributed by atoms with Gasteiger partial charge in [0.2, 0.25) is 0 Å². The lowest BCUT2D eigenvalue weighted by Crippen LogP contribution is -2.39. The summed E-state index contributed by atoms with van der Waals surface area (Å²) < 4.78 is 24.6. The van der Waals surface area contributed by atoms with E-state index in [-0.39, 0.29) is 16.9 Å². The van der Waals surface area contributed by atoms with Gasteiger partial charge in [0.1, 0.15) is 17.3 Å². The van der Waals surface area contributed by atoms with Crippen molar-refractivity contribution in [1.82, 2.24) is 14.8 Å². The second kappa shape index (κ2) is 10.1. The first-order chi connectivity index (χ1) is 16.0. The van der Waals surface area contributed by atoms with Crippen molar-refractivity contribution in [2.45, 2.75) is 12.5 Å². The van der Waals surface area contributed by atoms with E-state index in [2.05, 4.69) is 9.88 Å². The first-order valence-electron chi connectivity index (χ1n) is 10.8. The molecule has 4 rings (SSSR count). The quantitative estimate of drug-likeness (QED) is 0.389. The summed E-state index contributed by atoms with van der Waals surface area (Å²) in [6.07, 6.45) is 3.79. The van der Waals surface area contributed by atoms with E-state index >= 15 is 0 Å². The summed E-state index contributed by atoms with van der Waals surface area (Å²) in [4.78, 5) is 33.9. The van der Waals surface area contributed by atoms with Crippen molar-refractivity contribution in [2.24, 2.45) is 0 Å². The molecule has 1 atom stereocenters. The molecule has 0 bridgehead atoms. The van der Waals surface area contributed by atoms with Crippen LogP contribution in [0, 0.1) is 5.82 Å². The van der Waals surface area contributed by atoms with Crippen LogP contribution in [0.3, 0.4) is 0 Å². The van der Waals surface area contributed by atoms with E-state index in [4.69, 9.17) is 9.47 Å². The van der Waals surface area contributed by atoms with Crippen LogP contribution in [0.2, 0.25) is 0 Å². The molecule has 33 heavy (non-hydrogen) atoms. The van der Waals surface area contributed by atoms with Gasteiger partial charge in [-0.1, -0.05) is 6.07 Å². The Bertz CT molecular complexity index is 1050. The van der Waals surface area contributed by atoms with Crippen LogP contribution in [-0.4, -0.2) is 78.1 Å². The molecule has 3 heterocycles. The van der Waals surface area contributed by atoms with Crippen molar-refractivity contribution in [3.63, 3.8) is 0 Å². The summed E-state index contributed by atoms with van der Waals surface area (Å²) in [5, 5.41) is 11.1. The highest BCUT2D eigenvalue weighted by Crippen LogP contribution is 2.40. The number of ketones is 1. The van der Waals surface area contributed by atoms with Gasteiger partial charge < -0.3 is 19.5 Å². The minimum absolute atomic E-state index is 0.0118. The predicted octanol–water partition coefficient (Wildman–Crippen LogP) is 2.37. The molecule has 1 aromatic heterocycles. The Hall–Kier alpha value is -3.30. The first-order valence-corrected chi connectivity index (χ1v) is 10.8. The van der Waals surface area contributed by atoms with Gasteiger partial charge in [-0.05, 0) is 36.2 Å². The summed E-state index contributed by atoms with van der Waals surface area (Å²) >= 11 is 0. The highest BCUT2D eigenvalue weighted by Gasteiger charge is 2.46. The third kappa shape index (κ3) is 4.74. The zero-order chi connectivity index (χ0) is 23.4. The van der Waals surface area contributed by atoms with E-state index in [1.54, 1.807) is 24.5 Å². The number of Topliss-reactive ketones (excluding diaryl/α,β-unsaturated/α-hetero) is 1. The van der Waals surface area contributed by atoms with Gasteiger partial charge in [-0.15, -0.1) is 0 Å². The molecule has 1 amide bonds. The maximum Gasteiger partial charge on any atom is 0.295 e. The Morgan fingerprint density at radius 2 is 2.03 bits per heavy atom. The number of methoxy groups -OCH3 is 1. The second-order valence-electron chi connectivity index (χ2n) is 7.93. The molecule has 2 aromatic rings. The number of carbonyl (C=O) groups excluding carboxylic acids is 2. The monoisotopic (exact) mass is 455 g/mol. The number of rotatable bonds is 7. The Balaban J connectivity index is 1.70. The van der Waals surface area contributed by atoms with E-state index in [0.717, 1.165) is 25.7 Å². The number of likely N-dealkylation sites (tertiary alicyclic amines) is 1. The number of halogens is 1. The fourth-order valence-electron chi connectivity index (χ4n) is 4.29. The molecule has 1 unspecified atom stereocenters. The fourth-order valence-corrected chi connectivity index (χ4v) is 4.29. The normalized spacial score (nSPS) is 20.9. The number of carbonyl (C=O) groups is 2. The molecular formula is C24H26FN3O5. The van der Waals surface area contributed by atoms with E-state index < -0.39 is 29.3 Å². The van der Waals surface area contributed by atoms with Crippen molar-refractivity contribution in [3.8, 4) is 5.75 Å². The minimum Gasteiger partial charge on any atom is -0.507 e. The first kappa shape index (κ1) is 22.9. The summed E-state index contributed by atoms with van der Waals surface area (Å²) in [6, 6.07) is 6.25. The van der Waals surface area contributed by atoms with Gasteiger partial charge in [0, 0.05) is 38.6 Å². The summed E-state index contributed by atoms with van der Waals surface area (Å²) in [6.45, 7) is 4.07. The number of amides is 1. The van der Waals surface area contributed by atoms with E-state index in [9.17, 15) is 19.1 Å². The number of nitrogens with zero attached hydrogens (tertiary/aromatic N) is 3. The largest absolute Gasteiger partial charge is 0.507 e. The van der Waals surface area contributed by atoms with Gasteiger partial charge in [0.05, 0.1) is 37.5 Å². The van der Waals surface area contributed by atoms with Crippen LogP contribution >= 0.6 is 0 Å². The molecule has 0 radical (unpaired) electrons. The number of hydrogen-bond acceptors (Lipinski definition) is 7. The maximum atomic E-state index is 14.0. The van der Waals surface area contributed by atoms with Crippen molar-refractivity contribution >= 4 is 17.4 Å². The molecule has 0 aliphatic carbocycles. The molecule has 174 valence electrons. The van der Waals surface area contributed by atoms with Crippen molar-refractivity contribution in [3.05, 3.63) is 65.2 Å². The minimum atomic E-state index is -0.837. The van der Waals surface area contributed by atoms with Crippen LogP contribution in [0.1, 0.15) is 23.6 Å². The predicted molar refractivity (Wildman–Crippen MR) is 118 cm³/mol. The zero-order valence-corrected chi connectivity index (χ0v) is 18.4. The molecule has 9 heteroatoms. The zero-order valence-electron chi connectivity index (χ0n) is 18.4. The summed E-state index contributed by atoms with van der Waals surface area (Å²) in [5.74, 6) is -2.41. The Morgan fingerprint density at radius 1 is 1.24 bits per heavy atom. The van der Waals surface area contributed by atoms with E-state index in [1.807, 2.05) is 0 Å². The lowest BCUT2D eigenvalue weighted by Gasteiger charge is -2.29. The van der Waals surface area contributed by atoms with Crippen LogP contribution in [0.5, 0.6) is 5.75 Å². The average Bonchev–Trinajstić information content (AvgIpc) is 3.10. The van der Waals surface area contributed by atoms with Crippen LogP contribution in [0.4, 0.5) is 4.39 Å². The molecule has 8 nitrogen and oxygen atoms in total. The molecule has 2 aliphatic rings. The van der Waals surface area contributed by atoms with Gasteiger partial charge in [0.25, 0.3) is 11.7 Å². The number of ether oxygens (including phenoxy) is 2. The third-order valence-electron chi connectivity index (χ3n) is 5.93. The Labute approximate surface area is 191 Å². The Kier molecular flexibility index (Phi) is 7.00. The second-order valence-corrected chi connectivity index (χ2v) is 7.93. The van der Waals surface area contributed by atoms with Crippen molar-refractivity contribution in [2.75, 3.05) is 46.5 Å². The fraction of sp³-hybridized carbons (Fsp3) is 0.375. The number of aliphatic hydroxyl groups excluding tert-OH is 1. The van der Waals surface area contributed by atoms with Crippen LogP contribution in [-0.2, 0) is 14.3 Å². The van der Waals surface area contributed by atoms with Gasteiger partial charge >= 0.3 is 0 Å². The van der Waals surface area contributed by atoms with Gasteiger partial charge in [-0.2, -0.15) is 0 Å². The molecule has 2 fully saturated rings. The topological polar surface area (TPSA) is 92.2 Å². The van der Waals surface area contributed by atoms with Crippen molar-refractivity contribution < 1.29 is 28.6 Å². The van der Waals surface area contributed by atoms with E-state index in [1.165, 1.54) is 24.1 Å². The van der Waals surface area contributed by atoms with E-state index in [0.29, 0.717) is 31.7 Å². The SMILES string of the molecule is COc1ccc(F)cc1C(O)=C1C(=O)C(=O)N(CCCN2CCOCC2)C1c1cccnc1. The molecule has 1 N–H and O–H groups in total. The highest BCUT2D eigenvalue weighted by molar-refractivity contribution is 6.46.